The second-order valence-corrected chi connectivity index (χ2v) is 5.82. The normalized spacial score (nSPS) is 10.7. The molecule has 0 heterocycles. The number of benzene rings is 2. The smallest absolute Gasteiger partial charge is 0.263 e. The Hall–Kier alpha value is -2.72. The molecule has 0 amide bonds. The first kappa shape index (κ1) is 14.7. The number of hydrogen-bond donors (Lipinski definition) is 2. The number of nitrogens with two attached hydrogens (primary N) is 1. The summed E-state index contributed by atoms with van der Waals surface area (Å²) in [5.41, 5.74) is 6.41. The van der Waals surface area contributed by atoms with E-state index in [4.69, 9.17) is 15.7 Å². The van der Waals surface area contributed by atoms with Crippen LogP contribution in [0.4, 0.5) is 11.4 Å². The maximum absolute atomic E-state index is 12.3. The van der Waals surface area contributed by atoms with Gasteiger partial charge in [0.15, 0.2) is 0 Å². The van der Waals surface area contributed by atoms with E-state index in [0.717, 1.165) is 0 Å². The molecule has 0 atom stereocenters. The Morgan fingerprint density at radius 1 is 1.24 bits per heavy atom. The fraction of sp³-hybridized carbons (Fsp3) is 0.0714. The van der Waals surface area contributed by atoms with E-state index in [1.165, 1.54) is 31.4 Å². The number of nitriles is 1. The monoisotopic (exact) mass is 303 g/mol. The third kappa shape index (κ3) is 3.07. The zero-order valence-corrected chi connectivity index (χ0v) is 12.0. The molecule has 108 valence electrons. The zero-order chi connectivity index (χ0) is 15.5. The van der Waals surface area contributed by atoms with Crippen LogP contribution >= 0.6 is 0 Å². The van der Waals surface area contributed by atoms with Gasteiger partial charge < -0.3 is 10.5 Å². The molecule has 0 bridgehead atoms. The molecule has 0 unspecified atom stereocenters. The first-order valence-electron chi connectivity index (χ1n) is 5.93. The highest BCUT2D eigenvalue weighted by Crippen LogP contribution is 2.26. The topological polar surface area (TPSA) is 105 Å². The lowest BCUT2D eigenvalue weighted by atomic mass is 10.2. The lowest BCUT2D eigenvalue weighted by molar-refractivity contribution is 0.417. The van der Waals surface area contributed by atoms with Crippen LogP contribution < -0.4 is 15.2 Å². The number of rotatable bonds is 4. The maximum Gasteiger partial charge on any atom is 0.263 e. The number of sulfonamides is 1. The first-order chi connectivity index (χ1) is 9.97. The molecule has 2 aromatic carbocycles. The molecule has 0 fully saturated rings. The molecule has 2 aromatic rings. The van der Waals surface area contributed by atoms with Crippen LogP contribution in [-0.4, -0.2) is 15.5 Å². The number of methoxy groups -OCH3 is 1. The van der Waals surface area contributed by atoms with Crippen molar-refractivity contribution in [3.8, 4) is 11.8 Å². The van der Waals surface area contributed by atoms with Gasteiger partial charge in [0.05, 0.1) is 24.0 Å². The number of hydrogen-bond acceptors (Lipinski definition) is 5. The average Bonchev–Trinajstić information content (AvgIpc) is 2.47. The highest BCUT2D eigenvalue weighted by atomic mass is 32.2. The van der Waals surface area contributed by atoms with Gasteiger partial charge in [-0.1, -0.05) is 12.1 Å². The number of nitrogens with one attached hydrogen (secondary N) is 1. The van der Waals surface area contributed by atoms with Gasteiger partial charge in [-0.2, -0.15) is 5.26 Å². The van der Waals surface area contributed by atoms with Crippen LogP contribution in [0.2, 0.25) is 0 Å². The Morgan fingerprint density at radius 2 is 1.95 bits per heavy atom. The highest BCUT2D eigenvalue weighted by molar-refractivity contribution is 7.92. The molecule has 3 N–H and O–H groups in total. The van der Waals surface area contributed by atoms with Crippen molar-refractivity contribution in [1.82, 2.24) is 0 Å². The van der Waals surface area contributed by atoms with Gasteiger partial charge in [-0.05, 0) is 30.3 Å². The van der Waals surface area contributed by atoms with Crippen molar-refractivity contribution in [2.45, 2.75) is 4.90 Å². The molecule has 0 saturated heterocycles. The predicted octanol–water partition coefficient (Wildman–Crippen LogP) is 1.95. The van der Waals surface area contributed by atoms with Gasteiger partial charge >= 0.3 is 0 Å². The third-order valence-corrected chi connectivity index (χ3v) is 4.22. The second-order valence-electron chi connectivity index (χ2n) is 4.17. The Balaban J connectivity index is 2.38. The van der Waals surface area contributed by atoms with E-state index in [1.54, 1.807) is 18.2 Å². The van der Waals surface area contributed by atoms with Crippen molar-refractivity contribution in [3.63, 3.8) is 0 Å². The van der Waals surface area contributed by atoms with Gasteiger partial charge in [0, 0.05) is 0 Å². The molecular weight excluding hydrogens is 290 g/mol. The Morgan fingerprint density at radius 3 is 2.57 bits per heavy atom. The summed E-state index contributed by atoms with van der Waals surface area (Å²) in [7, 11) is -2.39. The molecule has 0 aliphatic carbocycles. The fourth-order valence-electron chi connectivity index (χ4n) is 1.80. The highest BCUT2D eigenvalue weighted by Gasteiger charge is 2.18. The minimum atomic E-state index is -3.86. The summed E-state index contributed by atoms with van der Waals surface area (Å²) in [5.74, 6) is 0.454. The van der Waals surface area contributed by atoms with Crippen LogP contribution in [0.15, 0.2) is 47.4 Å². The van der Waals surface area contributed by atoms with Crippen LogP contribution in [0.5, 0.6) is 5.75 Å². The molecule has 0 aromatic heterocycles. The molecule has 7 heteroatoms. The summed E-state index contributed by atoms with van der Waals surface area (Å²) < 4.78 is 32.0. The Labute approximate surface area is 122 Å². The Bertz CT molecular complexity index is 810. The van der Waals surface area contributed by atoms with Crippen molar-refractivity contribution >= 4 is 21.4 Å². The van der Waals surface area contributed by atoms with Gasteiger partial charge in [-0.15, -0.1) is 0 Å². The van der Waals surface area contributed by atoms with Crippen molar-refractivity contribution < 1.29 is 13.2 Å². The SMILES string of the molecule is COc1ccc(NS(=O)(=O)c2ccccc2C#N)cc1N. The zero-order valence-electron chi connectivity index (χ0n) is 11.2. The van der Waals surface area contributed by atoms with E-state index in [1.807, 2.05) is 6.07 Å². The van der Waals surface area contributed by atoms with E-state index < -0.39 is 10.0 Å². The second kappa shape index (κ2) is 5.73. The molecule has 21 heavy (non-hydrogen) atoms. The van der Waals surface area contributed by atoms with Crippen LogP contribution in [0.3, 0.4) is 0 Å². The van der Waals surface area contributed by atoms with E-state index in [9.17, 15) is 8.42 Å². The van der Waals surface area contributed by atoms with E-state index in [2.05, 4.69) is 4.72 Å². The van der Waals surface area contributed by atoms with Crippen LogP contribution in [0.1, 0.15) is 5.56 Å². The van der Waals surface area contributed by atoms with Crippen molar-refractivity contribution in [2.24, 2.45) is 0 Å². The average molecular weight is 303 g/mol. The van der Waals surface area contributed by atoms with Crippen LogP contribution in [-0.2, 0) is 10.0 Å². The minimum absolute atomic E-state index is 0.0754. The van der Waals surface area contributed by atoms with Crippen LogP contribution in [0.25, 0.3) is 0 Å². The number of anilines is 2. The molecule has 0 spiro atoms. The molecular formula is C14H13N3O3S. The van der Waals surface area contributed by atoms with E-state index in [0.29, 0.717) is 17.1 Å². The first-order valence-corrected chi connectivity index (χ1v) is 7.41. The number of ether oxygens (including phenoxy) is 1. The lowest BCUT2D eigenvalue weighted by Crippen LogP contribution is -2.14. The Kier molecular flexibility index (Phi) is 4.00. The van der Waals surface area contributed by atoms with E-state index in [-0.39, 0.29) is 10.5 Å². The van der Waals surface area contributed by atoms with E-state index >= 15 is 0 Å². The summed E-state index contributed by atoms with van der Waals surface area (Å²) in [4.78, 5) is -0.0816. The molecule has 2 rings (SSSR count). The number of nitrogen functional groups attached to an aromatic ring is 1. The van der Waals surface area contributed by atoms with Crippen molar-refractivity contribution in [1.29, 1.82) is 5.26 Å². The van der Waals surface area contributed by atoms with Gasteiger partial charge in [0.25, 0.3) is 10.0 Å². The predicted molar refractivity (Wildman–Crippen MR) is 79.4 cm³/mol. The summed E-state index contributed by atoms with van der Waals surface area (Å²) in [6.07, 6.45) is 0. The van der Waals surface area contributed by atoms with Gasteiger partial charge in [0.2, 0.25) is 0 Å². The van der Waals surface area contributed by atoms with Gasteiger partial charge in [-0.25, -0.2) is 8.42 Å². The summed E-state index contributed by atoms with van der Waals surface area (Å²) in [6.45, 7) is 0. The summed E-state index contributed by atoms with van der Waals surface area (Å²) >= 11 is 0. The summed E-state index contributed by atoms with van der Waals surface area (Å²) in [5, 5.41) is 8.98. The molecule has 6 nitrogen and oxygen atoms in total. The molecule has 0 aliphatic heterocycles. The number of nitrogens with zero attached hydrogens (tertiary/aromatic N) is 1. The molecule has 0 aliphatic rings. The standard InChI is InChI=1S/C14H13N3O3S/c1-20-13-7-6-11(8-12(13)16)17-21(18,19)14-5-3-2-4-10(14)9-15/h2-8,17H,16H2,1H3. The fourth-order valence-corrected chi connectivity index (χ4v) is 3.01. The third-order valence-electron chi connectivity index (χ3n) is 2.78. The van der Waals surface area contributed by atoms with Crippen molar-refractivity contribution in [3.05, 3.63) is 48.0 Å². The minimum Gasteiger partial charge on any atom is -0.495 e. The quantitative estimate of drug-likeness (QED) is 0.840. The maximum atomic E-state index is 12.3. The van der Waals surface area contributed by atoms with Gasteiger partial charge in [0.1, 0.15) is 16.7 Å². The summed E-state index contributed by atoms with van der Waals surface area (Å²) in [6, 6.07) is 12.4. The molecule has 0 saturated carbocycles. The van der Waals surface area contributed by atoms with Crippen LogP contribution in [0, 0.1) is 11.3 Å². The van der Waals surface area contributed by atoms with Gasteiger partial charge in [-0.3, -0.25) is 4.72 Å². The lowest BCUT2D eigenvalue weighted by Gasteiger charge is -2.11. The van der Waals surface area contributed by atoms with Crippen molar-refractivity contribution in [2.75, 3.05) is 17.6 Å². The largest absolute Gasteiger partial charge is 0.495 e. The molecule has 0 radical (unpaired) electrons.